The number of pyridine rings is 1. The number of rotatable bonds is 2. The van der Waals surface area contributed by atoms with E-state index < -0.39 is 0 Å². The van der Waals surface area contributed by atoms with E-state index in [4.69, 9.17) is 34.8 Å². The molecule has 0 amide bonds. The average molecular weight is 367 g/mol. The van der Waals surface area contributed by atoms with Crippen LogP contribution in [0.1, 0.15) is 5.56 Å². The fourth-order valence-corrected chi connectivity index (χ4v) is 2.56. The van der Waals surface area contributed by atoms with Crippen molar-refractivity contribution >= 4 is 50.7 Å². The molecule has 0 atom stereocenters. The Morgan fingerprint density at radius 2 is 1.72 bits per heavy atom. The van der Waals surface area contributed by atoms with Crippen LogP contribution in [0.3, 0.4) is 0 Å². The molecule has 0 N–H and O–H groups in total. The predicted octanol–water partition coefficient (Wildman–Crippen LogP) is 4.62. The monoisotopic (exact) mass is 365 g/mol. The lowest BCUT2D eigenvalue weighted by atomic mass is 10.2. The van der Waals surface area contributed by atoms with Crippen molar-refractivity contribution in [3.05, 3.63) is 65.9 Å². The van der Waals surface area contributed by atoms with Crippen molar-refractivity contribution in [3.63, 3.8) is 0 Å². The quantitative estimate of drug-likeness (QED) is 0.710. The second kappa shape index (κ2) is 5.66. The first-order valence-corrected chi connectivity index (χ1v) is 6.90. The van der Waals surface area contributed by atoms with Crippen LogP contribution in [0.2, 0.25) is 15.1 Å². The molecule has 0 aliphatic carbocycles. The number of halogens is 4. The minimum Gasteiger partial charge on any atom is -0.310 e. The maximum atomic E-state index is 11.7. The zero-order valence-electron chi connectivity index (χ0n) is 8.96. The Hall–Kier alpha value is -0.480. The largest absolute Gasteiger partial charge is 0.310 e. The molecule has 94 valence electrons. The normalized spacial score (nSPS) is 10.7. The van der Waals surface area contributed by atoms with Gasteiger partial charge in [-0.25, -0.2) is 0 Å². The van der Waals surface area contributed by atoms with E-state index in [-0.39, 0.29) is 12.1 Å². The van der Waals surface area contributed by atoms with Crippen LogP contribution in [0.4, 0.5) is 0 Å². The van der Waals surface area contributed by atoms with Crippen LogP contribution in [-0.4, -0.2) is 4.57 Å². The number of benzene rings is 1. The molecule has 0 bridgehead atoms. The maximum absolute atomic E-state index is 11.7. The lowest BCUT2D eigenvalue weighted by molar-refractivity contribution is 0.756. The zero-order valence-corrected chi connectivity index (χ0v) is 12.8. The van der Waals surface area contributed by atoms with Crippen molar-refractivity contribution in [1.29, 1.82) is 0 Å². The van der Waals surface area contributed by atoms with E-state index in [1.165, 1.54) is 10.6 Å². The Kier molecular flexibility index (Phi) is 4.38. The number of aromatic nitrogens is 1. The third-order valence-corrected chi connectivity index (χ3v) is 4.08. The minimum absolute atomic E-state index is 0.134. The van der Waals surface area contributed by atoms with Crippen LogP contribution < -0.4 is 5.56 Å². The van der Waals surface area contributed by atoms with Crippen molar-refractivity contribution < 1.29 is 0 Å². The molecule has 0 fully saturated rings. The molecule has 1 heterocycles. The third kappa shape index (κ3) is 2.91. The highest BCUT2D eigenvalue weighted by Gasteiger charge is 2.11. The molecule has 18 heavy (non-hydrogen) atoms. The van der Waals surface area contributed by atoms with Crippen LogP contribution in [0, 0.1) is 0 Å². The van der Waals surface area contributed by atoms with Crippen molar-refractivity contribution in [2.75, 3.05) is 0 Å². The molecular formula is C12H7BrCl3NO. The standard InChI is InChI=1S/C12H7BrCl3NO/c13-7-1-4-11(18)17(5-7)6-8-9(14)2-3-10(15)12(8)16/h1-5H,6H2. The first-order valence-electron chi connectivity index (χ1n) is 4.97. The fourth-order valence-electron chi connectivity index (χ4n) is 1.51. The fraction of sp³-hybridized carbons (Fsp3) is 0.0833. The molecular weight excluding hydrogens is 360 g/mol. The van der Waals surface area contributed by atoms with Gasteiger partial charge in [-0.2, -0.15) is 0 Å². The van der Waals surface area contributed by atoms with E-state index in [1.807, 2.05) is 0 Å². The Labute approximate surface area is 127 Å². The number of hydrogen-bond acceptors (Lipinski definition) is 1. The molecule has 0 saturated carbocycles. The highest BCUT2D eigenvalue weighted by molar-refractivity contribution is 9.10. The molecule has 2 aromatic rings. The van der Waals surface area contributed by atoms with E-state index in [0.29, 0.717) is 20.6 Å². The van der Waals surface area contributed by atoms with Gasteiger partial charge in [-0.05, 0) is 34.1 Å². The molecule has 1 aromatic heterocycles. The van der Waals surface area contributed by atoms with E-state index in [9.17, 15) is 4.79 Å². The van der Waals surface area contributed by atoms with Gasteiger partial charge < -0.3 is 4.57 Å². The molecule has 6 heteroatoms. The summed E-state index contributed by atoms with van der Waals surface area (Å²) in [7, 11) is 0. The Morgan fingerprint density at radius 3 is 2.44 bits per heavy atom. The lowest BCUT2D eigenvalue weighted by Crippen LogP contribution is -2.19. The van der Waals surface area contributed by atoms with Crippen molar-refractivity contribution in [2.45, 2.75) is 6.54 Å². The number of nitrogens with zero attached hydrogens (tertiary/aromatic N) is 1. The van der Waals surface area contributed by atoms with Crippen LogP contribution in [0.15, 0.2) is 39.7 Å². The Bertz CT molecular complexity index is 654. The Morgan fingerprint density at radius 1 is 1.06 bits per heavy atom. The zero-order chi connectivity index (χ0) is 13.3. The molecule has 0 aliphatic heterocycles. The summed E-state index contributed by atoms with van der Waals surface area (Å²) in [6.45, 7) is 0.274. The van der Waals surface area contributed by atoms with E-state index in [0.717, 1.165) is 4.47 Å². The SMILES string of the molecule is O=c1ccc(Br)cn1Cc1c(Cl)ccc(Cl)c1Cl. The summed E-state index contributed by atoms with van der Waals surface area (Å²) in [4.78, 5) is 11.7. The van der Waals surface area contributed by atoms with Gasteiger partial charge >= 0.3 is 0 Å². The summed E-state index contributed by atoms with van der Waals surface area (Å²) in [5.41, 5.74) is 0.497. The van der Waals surface area contributed by atoms with Crippen LogP contribution in [0.25, 0.3) is 0 Å². The summed E-state index contributed by atoms with van der Waals surface area (Å²) in [5.74, 6) is 0. The smallest absolute Gasteiger partial charge is 0.250 e. The average Bonchev–Trinajstić information content (AvgIpc) is 2.34. The van der Waals surface area contributed by atoms with E-state index >= 15 is 0 Å². The Balaban J connectivity index is 2.49. The molecule has 0 unspecified atom stereocenters. The molecule has 0 aliphatic rings. The summed E-state index contributed by atoms with van der Waals surface area (Å²) < 4.78 is 2.31. The summed E-state index contributed by atoms with van der Waals surface area (Å²) in [5, 5.41) is 1.27. The van der Waals surface area contributed by atoms with Gasteiger partial charge in [0.05, 0.1) is 16.6 Å². The maximum Gasteiger partial charge on any atom is 0.250 e. The summed E-state index contributed by atoms with van der Waals surface area (Å²) in [6.07, 6.45) is 1.68. The van der Waals surface area contributed by atoms with Gasteiger partial charge in [0.25, 0.3) is 5.56 Å². The minimum atomic E-state index is -0.134. The summed E-state index contributed by atoms with van der Waals surface area (Å²) in [6, 6.07) is 6.43. The van der Waals surface area contributed by atoms with Crippen LogP contribution >= 0.6 is 50.7 Å². The van der Waals surface area contributed by atoms with Gasteiger partial charge in [0.2, 0.25) is 0 Å². The molecule has 2 nitrogen and oxygen atoms in total. The number of hydrogen-bond donors (Lipinski definition) is 0. The van der Waals surface area contributed by atoms with Gasteiger partial charge in [-0.3, -0.25) is 4.79 Å². The molecule has 2 rings (SSSR count). The van der Waals surface area contributed by atoms with E-state index in [2.05, 4.69) is 15.9 Å². The van der Waals surface area contributed by atoms with Crippen molar-refractivity contribution in [2.24, 2.45) is 0 Å². The van der Waals surface area contributed by atoms with Gasteiger partial charge in [-0.1, -0.05) is 34.8 Å². The molecule has 0 saturated heterocycles. The lowest BCUT2D eigenvalue weighted by Gasteiger charge is -2.10. The topological polar surface area (TPSA) is 22.0 Å². The predicted molar refractivity (Wildman–Crippen MR) is 79.0 cm³/mol. The van der Waals surface area contributed by atoms with Crippen molar-refractivity contribution in [1.82, 2.24) is 4.57 Å². The third-order valence-electron chi connectivity index (χ3n) is 2.41. The second-order valence-corrected chi connectivity index (χ2v) is 5.74. The van der Waals surface area contributed by atoms with Crippen molar-refractivity contribution in [3.8, 4) is 0 Å². The highest BCUT2D eigenvalue weighted by Crippen LogP contribution is 2.31. The van der Waals surface area contributed by atoms with E-state index in [1.54, 1.807) is 24.4 Å². The van der Waals surface area contributed by atoms with Crippen LogP contribution in [0.5, 0.6) is 0 Å². The van der Waals surface area contributed by atoms with Crippen LogP contribution in [-0.2, 0) is 6.54 Å². The summed E-state index contributed by atoms with van der Waals surface area (Å²) >= 11 is 21.4. The van der Waals surface area contributed by atoms with Gasteiger partial charge in [0, 0.05) is 27.3 Å². The highest BCUT2D eigenvalue weighted by atomic mass is 79.9. The molecule has 0 radical (unpaired) electrons. The van der Waals surface area contributed by atoms with Gasteiger partial charge in [0.1, 0.15) is 0 Å². The first kappa shape index (κ1) is 13.9. The first-order chi connectivity index (χ1) is 8.49. The second-order valence-electron chi connectivity index (χ2n) is 3.64. The molecule has 0 spiro atoms. The van der Waals surface area contributed by atoms with Gasteiger partial charge in [0.15, 0.2) is 0 Å². The molecule has 1 aromatic carbocycles. The van der Waals surface area contributed by atoms with Gasteiger partial charge in [-0.15, -0.1) is 0 Å².